The molecule has 0 amide bonds. The highest BCUT2D eigenvalue weighted by atomic mass is 35.5. The Bertz CT molecular complexity index is 950. The number of hydrogen-bond acceptors (Lipinski definition) is 5. The fourth-order valence-electron chi connectivity index (χ4n) is 2.67. The molecule has 0 aliphatic heterocycles. The molecule has 162 valence electrons. The van der Waals surface area contributed by atoms with Crippen molar-refractivity contribution in [2.45, 2.75) is 37.6 Å². The topological polar surface area (TPSA) is 61.7 Å². The Morgan fingerprint density at radius 3 is 2.50 bits per heavy atom. The number of thiocarbonyl (C=S) groups is 1. The van der Waals surface area contributed by atoms with Gasteiger partial charge in [-0.05, 0) is 44.5 Å². The summed E-state index contributed by atoms with van der Waals surface area (Å²) >= 11 is 9.89. The fraction of sp³-hybridized carbons (Fsp3) is 0.350. The highest BCUT2D eigenvalue weighted by Crippen LogP contribution is 2.40. The van der Waals surface area contributed by atoms with Crippen LogP contribution in [0.4, 0.5) is 13.2 Å². The third-order valence-electron chi connectivity index (χ3n) is 4.14. The Balaban J connectivity index is 2.73. The summed E-state index contributed by atoms with van der Waals surface area (Å²) in [5.74, 6) is -1.61. The molecule has 1 aliphatic carbocycles. The number of alkyl halides is 3. The number of rotatable bonds is 4. The van der Waals surface area contributed by atoms with Crippen LogP contribution in [0.1, 0.15) is 43.4 Å². The molecule has 0 heterocycles. The Morgan fingerprint density at radius 2 is 1.97 bits per heavy atom. The number of benzene rings is 1. The first-order chi connectivity index (χ1) is 13.8. The van der Waals surface area contributed by atoms with Gasteiger partial charge in [0.2, 0.25) is 0 Å². The number of hydrogen-bond donors (Lipinski definition) is 0. The smallest absolute Gasteiger partial charge is 0.416 e. The van der Waals surface area contributed by atoms with E-state index in [1.807, 2.05) is 0 Å². The van der Waals surface area contributed by atoms with Gasteiger partial charge in [0.25, 0.3) is 0 Å². The predicted molar refractivity (Wildman–Crippen MR) is 117 cm³/mol. The fourth-order valence-corrected chi connectivity index (χ4v) is 3.86. The van der Waals surface area contributed by atoms with Crippen molar-refractivity contribution in [1.82, 2.24) is 0 Å². The van der Waals surface area contributed by atoms with Gasteiger partial charge in [0.05, 0.1) is 24.8 Å². The van der Waals surface area contributed by atoms with Gasteiger partial charge in [-0.1, -0.05) is 40.4 Å². The third kappa shape index (κ3) is 5.51. The number of carbonyl (C=O) groups excluding carboxylic acids is 1. The first-order valence-electron chi connectivity index (χ1n) is 8.64. The van der Waals surface area contributed by atoms with Gasteiger partial charge in [-0.25, -0.2) is 4.79 Å². The molecule has 2 unspecified atom stereocenters. The molecule has 4 nitrogen and oxygen atoms in total. The minimum Gasteiger partial charge on any atom is -0.591 e. The second-order valence-corrected chi connectivity index (χ2v) is 10.2. The summed E-state index contributed by atoms with van der Waals surface area (Å²) in [6, 6.07) is 1.62. The van der Waals surface area contributed by atoms with E-state index in [0.717, 1.165) is 18.3 Å². The van der Waals surface area contributed by atoms with Crippen LogP contribution >= 0.6 is 23.8 Å². The molecule has 1 aromatic rings. The Hall–Kier alpha value is -1.68. The molecule has 2 rings (SSSR count). The standard InChI is InChI=1S/C20H19ClF3NO3S2/c1-19(2,3)30(27)25-10-11-8-12(20(22,23)24)9-14(21)16(11)17-13(18(26)28-4)6-5-7-15(17)29/h5-10,17H,1-4H3/b25-10+. The third-order valence-corrected chi connectivity index (χ3v) is 6.17. The molecule has 2 atom stereocenters. The Labute approximate surface area is 186 Å². The lowest BCUT2D eigenvalue weighted by molar-refractivity contribution is -0.138. The SMILES string of the molecule is COC(=O)C1=CC=CC(=S)C1c1c(Cl)cc(C(F)(F)F)cc1/C=N/[S+]([O-])C(C)(C)C. The number of ether oxygens (including phenoxy) is 1. The Kier molecular flexibility index (Phi) is 7.55. The summed E-state index contributed by atoms with van der Waals surface area (Å²) in [4.78, 5) is 12.5. The van der Waals surface area contributed by atoms with Crippen LogP contribution in [-0.4, -0.2) is 33.5 Å². The lowest BCUT2D eigenvalue weighted by Crippen LogP contribution is -2.26. The molecule has 0 saturated carbocycles. The maximum Gasteiger partial charge on any atom is 0.416 e. The van der Waals surface area contributed by atoms with Crippen molar-refractivity contribution in [3.63, 3.8) is 0 Å². The van der Waals surface area contributed by atoms with Crippen LogP contribution in [-0.2, 0) is 27.1 Å². The van der Waals surface area contributed by atoms with Gasteiger partial charge in [0.1, 0.15) is 16.1 Å². The highest BCUT2D eigenvalue weighted by Gasteiger charge is 2.36. The van der Waals surface area contributed by atoms with Crippen LogP contribution in [0.25, 0.3) is 0 Å². The second kappa shape index (κ2) is 9.21. The van der Waals surface area contributed by atoms with Gasteiger partial charge in [-0.2, -0.15) is 13.2 Å². The van der Waals surface area contributed by atoms with Crippen LogP contribution in [0, 0.1) is 0 Å². The van der Waals surface area contributed by atoms with Crippen LogP contribution in [0.5, 0.6) is 0 Å². The number of esters is 1. The van der Waals surface area contributed by atoms with Gasteiger partial charge >= 0.3 is 12.1 Å². The van der Waals surface area contributed by atoms with Crippen molar-refractivity contribution in [3.8, 4) is 0 Å². The van der Waals surface area contributed by atoms with Crippen molar-refractivity contribution in [3.05, 3.63) is 57.6 Å². The van der Waals surface area contributed by atoms with Gasteiger partial charge in [-0.3, -0.25) is 0 Å². The molecule has 1 aromatic carbocycles. The monoisotopic (exact) mass is 477 g/mol. The van der Waals surface area contributed by atoms with E-state index in [0.29, 0.717) is 0 Å². The quantitative estimate of drug-likeness (QED) is 0.253. The number of nitrogens with zero attached hydrogens (tertiary/aromatic N) is 1. The lowest BCUT2D eigenvalue weighted by atomic mass is 9.82. The number of methoxy groups -OCH3 is 1. The molecule has 0 bridgehead atoms. The zero-order chi connectivity index (χ0) is 22.9. The maximum absolute atomic E-state index is 13.4. The zero-order valence-corrected chi connectivity index (χ0v) is 18.9. The van der Waals surface area contributed by atoms with Gasteiger partial charge in [-0.15, -0.1) is 0 Å². The van der Waals surface area contributed by atoms with Crippen LogP contribution in [0.15, 0.2) is 40.3 Å². The van der Waals surface area contributed by atoms with E-state index in [-0.39, 0.29) is 26.6 Å². The predicted octanol–water partition coefficient (Wildman–Crippen LogP) is 5.36. The molecule has 0 spiro atoms. The van der Waals surface area contributed by atoms with Crippen molar-refractivity contribution < 1.29 is 27.3 Å². The van der Waals surface area contributed by atoms with E-state index < -0.39 is 39.7 Å². The molecule has 30 heavy (non-hydrogen) atoms. The van der Waals surface area contributed by atoms with E-state index in [2.05, 4.69) is 4.40 Å². The number of allylic oxidation sites excluding steroid dienone is 3. The average molecular weight is 478 g/mol. The number of carbonyl (C=O) groups is 1. The minimum absolute atomic E-state index is 0.0371. The first-order valence-corrected chi connectivity index (χ1v) is 10.5. The number of halogens is 4. The normalized spacial score (nSPS) is 18.5. The molecular weight excluding hydrogens is 459 g/mol. The molecular formula is C20H19ClF3NO3S2. The summed E-state index contributed by atoms with van der Waals surface area (Å²) in [5.41, 5.74) is -0.756. The van der Waals surface area contributed by atoms with E-state index >= 15 is 0 Å². The van der Waals surface area contributed by atoms with Crippen molar-refractivity contribution >= 4 is 52.2 Å². The summed E-state index contributed by atoms with van der Waals surface area (Å²) in [6.45, 7) is 5.04. The lowest BCUT2D eigenvalue weighted by Gasteiger charge is -2.25. The summed E-state index contributed by atoms with van der Waals surface area (Å²) in [7, 11) is 1.19. The van der Waals surface area contributed by atoms with Crippen LogP contribution in [0.2, 0.25) is 5.02 Å². The average Bonchev–Trinajstić information content (AvgIpc) is 2.63. The zero-order valence-electron chi connectivity index (χ0n) is 16.5. The summed E-state index contributed by atoms with van der Waals surface area (Å²) in [5, 5.41) is -0.245. The van der Waals surface area contributed by atoms with Gasteiger partial charge < -0.3 is 9.29 Å². The maximum atomic E-state index is 13.4. The largest absolute Gasteiger partial charge is 0.591 e. The van der Waals surface area contributed by atoms with Crippen LogP contribution in [0.3, 0.4) is 0 Å². The van der Waals surface area contributed by atoms with Gasteiger partial charge in [0, 0.05) is 21.0 Å². The molecule has 0 radical (unpaired) electrons. The van der Waals surface area contributed by atoms with E-state index in [4.69, 9.17) is 28.6 Å². The molecule has 0 fully saturated rings. The molecule has 0 aromatic heterocycles. The van der Waals surface area contributed by atoms with E-state index in [1.165, 1.54) is 13.2 Å². The summed E-state index contributed by atoms with van der Waals surface area (Å²) in [6.07, 6.45) is 0.976. The van der Waals surface area contributed by atoms with Crippen LogP contribution < -0.4 is 0 Å². The summed E-state index contributed by atoms with van der Waals surface area (Å²) < 4.78 is 60.4. The molecule has 0 N–H and O–H groups in total. The minimum atomic E-state index is -4.66. The van der Waals surface area contributed by atoms with Crippen molar-refractivity contribution in [2.24, 2.45) is 4.40 Å². The van der Waals surface area contributed by atoms with E-state index in [9.17, 15) is 22.5 Å². The highest BCUT2D eigenvalue weighted by molar-refractivity contribution is 7.91. The first kappa shape index (κ1) is 24.6. The molecule has 10 heteroatoms. The molecule has 1 aliphatic rings. The molecule has 0 saturated heterocycles. The Morgan fingerprint density at radius 1 is 1.33 bits per heavy atom. The van der Waals surface area contributed by atoms with Crippen molar-refractivity contribution in [2.75, 3.05) is 7.11 Å². The van der Waals surface area contributed by atoms with E-state index in [1.54, 1.807) is 32.9 Å². The van der Waals surface area contributed by atoms with Crippen molar-refractivity contribution in [1.29, 1.82) is 0 Å². The second-order valence-electron chi connectivity index (χ2n) is 7.36. The van der Waals surface area contributed by atoms with Gasteiger partial charge in [0.15, 0.2) is 0 Å².